The molecule has 105 valence electrons. The van der Waals surface area contributed by atoms with Crippen LogP contribution in [0.2, 0.25) is 0 Å². The van der Waals surface area contributed by atoms with Crippen LogP contribution in [-0.4, -0.2) is 0 Å². The Labute approximate surface area is 116 Å². The third-order valence-corrected chi connectivity index (χ3v) is 3.26. The molecule has 0 heterocycles. The van der Waals surface area contributed by atoms with Gasteiger partial charge in [-0.3, -0.25) is 0 Å². The molecule has 1 radical (unpaired) electrons. The van der Waals surface area contributed by atoms with E-state index in [1.807, 2.05) is 0 Å². The minimum atomic E-state index is 1.10. The topological polar surface area (TPSA) is 0 Å². The second kappa shape index (κ2) is 14.6. The predicted octanol–water partition coefficient (Wildman–Crippen LogP) is 6.31. The van der Waals surface area contributed by atoms with Crippen LogP contribution in [0, 0.1) is 17.8 Å². The summed E-state index contributed by atoms with van der Waals surface area (Å²) in [6.45, 7) is 6.70. The van der Waals surface area contributed by atoms with Crippen molar-refractivity contribution in [2.75, 3.05) is 0 Å². The summed E-state index contributed by atoms with van der Waals surface area (Å²) in [5.74, 6) is 8.18. The minimum absolute atomic E-state index is 1.10. The molecule has 0 N–H and O–H groups in total. The molecule has 0 saturated carbocycles. The summed E-state index contributed by atoms with van der Waals surface area (Å²) >= 11 is 0. The average molecular weight is 249 g/mol. The van der Waals surface area contributed by atoms with Crippen molar-refractivity contribution in [1.82, 2.24) is 0 Å². The lowest BCUT2D eigenvalue weighted by Gasteiger charge is -2.00. The smallest absolute Gasteiger partial charge is 0.00886 e. The quantitative estimate of drug-likeness (QED) is 0.297. The fourth-order valence-electron chi connectivity index (χ4n) is 2.04. The molecule has 18 heavy (non-hydrogen) atoms. The van der Waals surface area contributed by atoms with Gasteiger partial charge >= 0.3 is 0 Å². The van der Waals surface area contributed by atoms with E-state index in [9.17, 15) is 0 Å². The zero-order valence-corrected chi connectivity index (χ0v) is 13.0. The molecular formula is C18H33. The van der Waals surface area contributed by atoms with Crippen molar-refractivity contribution in [1.29, 1.82) is 0 Å². The molecule has 0 aromatic heterocycles. The lowest BCUT2D eigenvalue weighted by Crippen LogP contribution is -1.83. The molecule has 0 aliphatic rings. The highest BCUT2D eigenvalue weighted by atomic mass is 14.0. The van der Waals surface area contributed by atoms with Crippen LogP contribution in [0.3, 0.4) is 0 Å². The van der Waals surface area contributed by atoms with Crippen molar-refractivity contribution in [3.8, 4) is 11.8 Å². The van der Waals surface area contributed by atoms with Gasteiger partial charge in [0.2, 0.25) is 0 Å². The fourth-order valence-corrected chi connectivity index (χ4v) is 2.04. The first-order valence-electron chi connectivity index (χ1n) is 8.02. The van der Waals surface area contributed by atoms with E-state index in [1.54, 1.807) is 5.92 Å². The first kappa shape index (κ1) is 17.6. The molecule has 0 spiro atoms. The minimum Gasteiger partial charge on any atom is -0.103 e. The Morgan fingerprint density at radius 3 is 1.72 bits per heavy atom. The molecule has 0 aromatic rings. The monoisotopic (exact) mass is 249 g/mol. The van der Waals surface area contributed by atoms with E-state index in [-0.39, 0.29) is 0 Å². The lowest BCUT2D eigenvalue weighted by atomic mass is 10.1. The second-order valence-electron chi connectivity index (χ2n) is 5.64. The summed E-state index contributed by atoms with van der Waals surface area (Å²) in [6.07, 6.45) is 15.8. The Balaban J connectivity index is 3.09. The van der Waals surface area contributed by atoms with Crippen molar-refractivity contribution in [2.45, 2.75) is 97.8 Å². The van der Waals surface area contributed by atoms with Crippen molar-refractivity contribution in [3.05, 3.63) is 5.92 Å². The summed E-state index contributed by atoms with van der Waals surface area (Å²) in [6, 6.07) is 0. The number of hydrogen-bond donors (Lipinski definition) is 0. The van der Waals surface area contributed by atoms with Crippen molar-refractivity contribution in [2.24, 2.45) is 0 Å². The second-order valence-corrected chi connectivity index (χ2v) is 5.64. The van der Waals surface area contributed by atoms with Crippen LogP contribution >= 0.6 is 0 Å². The van der Waals surface area contributed by atoms with Gasteiger partial charge < -0.3 is 0 Å². The maximum absolute atomic E-state index is 3.32. The normalized spacial score (nSPS) is 10.4. The standard InChI is InChI=1S/C18H33/c1-4-5-6-7-8-9-10-11-12-13-14-15-16-17-18(2)3/h4-11,14-17H2,1-3H3. The maximum Gasteiger partial charge on any atom is 0.00886 e. The van der Waals surface area contributed by atoms with Gasteiger partial charge in [-0.25, -0.2) is 0 Å². The SMILES string of the molecule is CCCCCCCCCC#CCCCC[C](C)C. The molecular weight excluding hydrogens is 216 g/mol. The Hall–Kier alpha value is -0.440. The Morgan fingerprint density at radius 2 is 1.17 bits per heavy atom. The van der Waals surface area contributed by atoms with Gasteiger partial charge in [-0.1, -0.05) is 65.7 Å². The van der Waals surface area contributed by atoms with Gasteiger partial charge in [0.25, 0.3) is 0 Å². The van der Waals surface area contributed by atoms with Crippen LogP contribution in [0.4, 0.5) is 0 Å². The van der Waals surface area contributed by atoms with E-state index >= 15 is 0 Å². The summed E-state index contributed by atoms with van der Waals surface area (Å²) in [5, 5.41) is 0. The largest absolute Gasteiger partial charge is 0.103 e. The van der Waals surface area contributed by atoms with E-state index in [0.29, 0.717) is 0 Å². The molecule has 0 bridgehead atoms. The summed E-state index contributed by atoms with van der Waals surface area (Å²) in [4.78, 5) is 0. The third kappa shape index (κ3) is 15.6. The zero-order chi connectivity index (χ0) is 13.5. The number of rotatable bonds is 11. The first-order valence-corrected chi connectivity index (χ1v) is 8.02. The molecule has 0 unspecified atom stereocenters. The van der Waals surface area contributed by atoms with E-state index in [2.05, 4.69) is 32.6 Å². The van der Waals surface area contributed by atoms with E-state index in [0.717, 1.165) is 12.8 Å². The molecule has 0 aliphatic carbocycles. The summed E-state index contributed by atoms with van der Waals surface area (Å²) in [5.41, 5.74) is 0. The van der Waals surface area contributed by atoms with Gasteiger partial charge in [0.05, 0.1) is 0 Å². The Bertz CT molecular complexity index is 204. The van der Waals surface area contributed by atoms with Crippen LogP contribution in [0.25, 0.3) is 0 Å². The first-order chi connectivity index (χ1) is 8.77. The van der Waals surface area contributed by atoms with E-state index < -0.39 is 0 Å². The molecule has 0 rings (SSSR count). The highest BCUT2D eigenvalue weighted by Crippen LogP contribution is 2.10. The molecule has 0 nitrogen and oxygen atoms in total. The van der Waals surface area contributed by atoms with Gasteiger partial charge in [0, 0.05) is 12.8 Å². The van der Waals surface area contributed by atoms with Crippen LogP contribution in [0.5, 0.6) is 0 Å². The predicted molar refractivity (Wildman–Crippen MR) is 83.4 cm³/mol. The lowest BCUT2D eigenvalue weighted by molar-refractivity contribution is 0.594. The zero-order valence-electron chi connectivity index (χ0n) is 13.0. The van der Waals surface area contributed by atoms with Gasteiger partial charge in [-0.05, 0) is 25.2 Å². The highest BCUT2D eigenvalue weighted by Gasteiger charge is 1.92. The van der Waals surface area contributed by atoms with Crippen LogP contribution in [-0.2, 0) is 0 Å². The van der Waals surface area contributed by atoms with Crippen LogP contribution in [0.1, 0.15) is 97.8 Å². The van der Waals surface area contributed by atoms with E-state index in [1.165, 1.54) is 64.2 Å². The number of unbranched alkanes of at least 4 members (excludes halogenated alkanes) is 9. The highest BCUT2D eigenvalue weighted by molar-refractivity contribution is 4.98. The average Bonchev–Trinajstić information content (AvgIpc) is 2.34. The Kier molecular flexibility index (Phi) is 14.3. The van der Waals surface area contributed by atoms with Gasteiger partial charge in [0.1, 0.15) is 0 Å². The molecule has 0 fully saturated rings. The molecule has 0 aliphatic heterocycles. The molecule has 0 atom stereocenters. The van der Waals surface area contributed by atoms with Gasteiger partial charge in [-0.15, -0.1) is 11.8 Å². The summed E-state index contributed by atoms with van der Waals surface area (Å²) < 4.78 is 0. The van der Waals surface area contributed by atoms with E-state index in [4.69, 9.17) is 0 Å². The van der Waals surface area contributed by atoms with Crippen LogP contribution in [0.15, 0.2) is 0 Å². The summed E-state index contributed by atoms with van der Waals surface area (Å²) in [7, 11) is 0. The van der Waals surface area contributed by atoms with Gasteiger partial charge in [0.15, 0.2) is 0 Å². The molecule has 0 amide bonds. The fraction of sp³-hybridized carbons (Fsp3) is 0.833. The van der Waals surface area contributed by atoms with Crippen molar-refractivity contribution < 1.29 is 0 Å². The maximum atomic E-state index is 3.32. The molecule has 0 heteroatoms. The van der Waals surface area contributed by atoms with Crippen molar-refractivity contribution in [3.63, 3.8) is 0 Å². The Morgan fingerprint density at radius 1 is 0.667 bits per heavy atom. The molecule has 0 aromatic carbocycles. The molecule has 0 saturated heterocycles. The van der Waals surface area contributed by atoms with Gasteiger partial charge in [-0.2, -0.15) is 0 Å². The van der Waals surface area contributed by atoms with Crippen molar-refractivity contribution >= 4 is 0 Å². The van der Waals surface area contributed by atoms with Crippen LogP contribution < -0.4 is 0 Å². The third-order valence-electron chi connectivity index (χ3n) is 3.26. The number of hydrogen-bond acceptors (Lipinski definition) is 0.